The predicted molar refractivity (Wildman–Crippen MR) is 73.2 cm³/mol. The van der Waals surface area contributed by atoms with Crippen LogP contribution in [0.15, 0.2) is 22.8 Å². The molecule has 1 aromatic rings. The first-order chi connectivity index (χ1) is 8.15. The SMILES string of the molecule is CC(C)(CNC(=O)c1ncccc1Br)S(C)(=O)=O. The number of sulfone groups is 1. The van der Waals surface area contributed by atoms with Gasteiger partial charge >= 0.3 is 0 Å². The molecular formula is C11H15BrN2O3S. The molecule has 7 heteroatoms. The van der Waals surface area contributed by atoms with E-state index in [1.807, 2.05) is 0 Å². The van der Waals surface area contributed by atoms with Gasteiger partial charge in [0.05, 0.1) is 4.75 Å². The molecule has 1 amide bonds. The van der Waals surface area contributed by atoms with E-state index in [1.54, 1.807) is 26.0 Å². The molecule has 0 fully saturated rings. The molecular weight excluding hydrogens is 320 g/mol. The summed E-state index contributed by atoms with van der Waals surface area (Å²) in [7, 11) is -3.24. The Morgan fingerprint density at radius 1 is 1.50 bits per heavy atom. The van der Waals surface area contributed by atoms with E-state index in [-0.39, 0.29) is 12.2 Å². The highest BCUT2D eigenvalue weighted by Crippen LogP contribution is 2.15. The summed E-state index contributed by atoms with van der Waals surface area (Å²) in [6.45, 7) is 3.17. The van der Waals surface area contributed by atoms with Crippen molar-refractivity contribution in [2.75, 3.05) is 12.8 Å². The first kappa shape index (κ1) is 15.1. The van der Waals surface area contributed by atoms with Crippen LogP contribution in [-0.2, 0) is 9.84 Å². The maximum absolute atomic E-state index is 11.8. The van der Waals surface area contributed by atoms with Crippen molar-refractivity contribution in [2.24, 2.45) is 0 Å². The van der Waals surface area contributed by atoms with Gasteiger partial charge in [-0.1, -0.05) is 0 Å². The number of aromatic nitrogens is 1. The van der Waals surface area contributed by atoms with Crippen molar-refractivity contribution < 1.29 is 13.2 Å². The number of nitrogens with zero attached hydrogens (tertiary/aromatic N) is 1. The van der Waals surface area contributed by atoms with Crippen molar-refractivity contribution in [3.05, 3.63) is 28.5 Å². The number of hydrogen-bond acceptors (Lipinski definition) is 4. The van der Waals surface area contributed by atoms with Gasteiger partial charge in [-0.05, 0) is 41.9 Å². The molecule has 1 heterocycles. The van der Waals surface area contributed by atoms with Gasteiger partial charge in [0.2, 0.25) is 0 Å². The second-order valence-electron chi connectivity index (χ2n) is 4.55. The Morgan fingerprint density at radius 3 is 2.61 bits per heavy atom. The number of carbonyl (C=O) groups excluding carboxylic acids is 1. The van der Waals surface area contributed by atoms with Gasteiger partial charge in [0.25, 0.3) is 5.91 Å². The zero-order chi connectivity index (χ0) is 14.0. The lowest BCUT2D eigenvalue weighted by Crippen LogP contribution is -2.44. The van der Waals surface area contributed by atoms with E-state index in [0.29, 0.717) is 4.47 Å². The van der Waals surface area contributed by atoms with Gasteiger partial charge in [-0.3, -0.25) is 4.79 Å². The van der Waals surface area contributed by atoms with Crippen LogP contribution in [0.2, 0.25) is 0 Å². The minimum Gasteiger partial charge on any atom is -0.349 e. The highest BCUT2D eigenvalue weighted by Gasteiger charge is 2.30. The summed E-state index contributed by atoms with van der Waals surface area (Å²) in [6, 6.07) is 3.39. The zero-order valence-electron chi connectivity index (χ0n) is 10.4. The largest absolute Gasteiger partial charge is 0.349 e. The molecule has 1 rings (SSSR count). The molecule has 0 unspecified atom stereocenters. The normalized spacial score (nSPS) is 12.2. The highest BCUT2D eigenvalue weighted by atomic mass is 79.9. The molecule has 0 saturated heterocycles. The zero-order valence-corrected chi connectivity index (χ0v) is 12.8. The molecule has 0 bridgehead atoms. The number of halogens is 1. The summed E-state index contributed by atoms with van der Waals surface area (Å²) in [5.74, 6) is -0.404. The van der Waals surface area contributed by atoms with Crippen LogP contribution >= 0.6 is 15.9 Å². The van der Waals surface area contributed by atoms with E-state index < -0.39 is 20.5 Å². The molecule has 0 spiro atoms. The van der Waals surface area contributed by atoms with Crippen molar-refractivity contribution in [3.8, 4) is 0 Å². The summed E-state index contributed by atoms with van der Waals surface area (Å²) >= 11 is 3.22. The average Bonchev–Trinajstić information content (AvgIpc) is 2.25. The Balaban J connectivity index is 2.77. The minimum atomic E-state index is -3.24. The lowest BCUT2D eigenvalue weighted by molar-refractivity contribution is 0.0944. The van der Waals surface area contributed by atoms with Crippen molar-refractivity contribution in [1.82, 2.24) is 10.3 Å². The van der Waals surface area contributed by atoms with Crippen LogP contribution in [0, 0.1) is 0 Å². The Bertz CT molecular complexity index is 555. The molecule has 0 aromatic carbocycles. The summed E-state index contributed by atoms with van der Waals surface area (Å²) < 4.78 is 22.5. The highest BCUT2D eigenvalue weighted by molar-refractivity contribution is 9.10. The molecule has 18 heavy (non-hydrogen) atoms. The van der Waals surface area contributed by atoms with Gasteiger partial charge in [-0.15, -0.1) is 0 Å². The summed E-state index contributed by atoms with van der Waals surface area (Å²) in [6.07, 6.45) is 2.65. The first-order valence-corrected chi connectivity index (χ1v) is 7.92. The third-order valence-electron chi connectivity index (χ3n) is 2.65. The Hall–Kier alpha value is -0.950. The standard InChI is InChI=1S/C11H15BrN2O3S/c1-11(2,18(3,16)17)7-14-10(15)9-8(12)5-4-6-13-9/h4-6H,7H2,1-3H3,(H,14,15). The fourth-order valence-corrected chi connectivity index (χ4v) is 1.83. The fourth-order valence-electron chi connectivity index (χ4n) is 1.06. The second kappa shape index (κ2) is 5.36. The van der Waals surface area contributed by atoms with Crippen LogP contribution < -0.4 is 5.32 Å². The lowest BCUT2D eigenvalue weighted by atomic mass is 10.2. The van der Waals surface area contributed by atoms with Gasteiger partial charge in [-0.2, -0.15) is 0 Å². The number of pyridine rings is 1. The molecule has 0 saturated carbocycles. The van der Waals surface area contributed by atoms with E-state index in [2.05, 4.69) is 26.2 Å². The number of rotatable bonds is 4. The van der Waals surface area contributed by atoms with Crippen LogP contribution in [0.5, 0.6) is 0 Å². The Kier molecular flexibility index (Phi) is 4.50. The summed E-state index contributed by atoms with van der Waals surface area (Å²) in [5, 5.41) is 2.58. The molecule has 0 aliphatic rings. The van der Waals surface area contributed by atoms with E-state index in [1.165, 1.54) is 6.20 Å². The van der Waals surface area contributed by atoms with Gasteiger partial charge in [0.15, 0.2) is 9.84 Å². The quantitative estimate of drug-likeness (QED) is 0.902. The number of nitrogens with one attached hydrogen (secondary N) is 1. The van der Waals surface area contributed by atoms with E-state index in [4.69, 9.17) is 0 Å². The van der Waals surface area contributed by atoms with Crippen LogP contribution in [0.3, 0.4) is 0 Å². The van der Waals surface area contributed by atoms with Crippen molar-refractivity contribution in [3.63, 3.8) is 0 Å². The van der Waals surface area contributed by atoms with Gasteiger partial charge in [0, 0.05) is 23.5 Å². The van der Waals surface area contributed by atoms with Crippen LogP contribution in [0.25, 0.3) is 0 Å². The van der Waals surface area contributed by atoms with Crippen LogP contribution in [-0.4, -0.2) is 36.9 Å². The molecule has 0 radical (unpaired) electrons. The van der Waals surface area contributed by atoms with Crippen molar-refractivity contribution >= 4 is 31.7 Å². The van der Waals surface area contributed by atoms with Gasteiger partial charge in [0.1, 0.15) is 5.69 Å². The predicted octanol–water partition coefficient (Wildman–Crippen LogP) is 1.40. The smallest absolute Gasteiger partial charge is 0.271 e. The summed E-state index contributed by atoms with van der Waals surface area (Å²) in [5.41, 5.74) is 0.238. The van der Waals surface area contributed by atoms with Gasteiger partial charge in [-0.25, -0.2) is 13.4 Å². The van der Waals surface area contributed by atoms with Gasteiger partial charge < -0.3 is 5.32 Å². The third-order valence-corrected chi connectivity index (χ3v) is 5.44. The molecule has 100 valence electrons. The fraction of sp³-hybridized carbons (Fsp3) is 0.455. The molecule has 5 nitrogen and oxygen atoms in total. The Labute approximate surface area is 115 Å². The first-order valence-electron chi connectivity index (χ1n) is 5.23. The molecule has 1 N–H and O–H groups in total. The second-order valence-corrected chi connectivity index (χ2v) is 8.05. The summed E-state index contributed by atoms with van der Waals surface area (Å²) in [4.78, 5) is 15.8. The van der Waals surface area contributed by atoms with E-state index in [0.717, 1.165) is 6.26 Å². The van der Waals surface area contributed by atoms with E-state index >= 15 is 0 Å². The molecule has 0 aliphatic heterocycles. The van der Waals surface area contributed by atoms with Crippen molar-refractivity contribution in [2.45, 2.75) is 18.6 Å². The maximum atomic E-state index is 11.8. The van der Waals surface area contributed by atoms with Crippen LogP contribution in [0.4, 0.5) is 0 Å². The topological polar surface area (TPSA) is 76.1 Å². The monoisotopic (exact) mass is 334 g/mol. The number of carbonyl (C=O) groups is 1. The molecule has 1 aromatic heterocycles. The number of amides is 1. The lowest BCUT2D eigenvalue weighted by Gasteiger charge is -2.22. The Morgan fingerprint density at radius 2 is 2.11 bits per heavy atom. The third kappa shape index (κ3) is 3.52. The number of hydrogen-bond donors (Lipinski definition) is 1. The molecule has 0 atom stereocenters. The van der Waals surface area contributed by atoms with Crippen molar-refractivity contribution in [1.29, 1.82) is 0 Å². The molecule has 0 aliphatic carbocycles. The van der Waals surface area contributed by atoms with E-state index in [9.17, 15) is 13.2 Å². The minimum absolute atomic E-state index is 0.0354. The maximum Gasteiger partial charge on any atom is 0.271 e. The average molecular weight is 335 g/mol. The van der Waals surface area contributed by atoms with Crippen LogP contribution in [0.1, 0.15) is 24.3 Å².